The summed E-state index contributed by atoms with van der Waals surface area (Å²) < 4.78 is 5.10. The van der Waals surface area contributed by atoms with E-state index in [0.717, 1.165) is 39.0 Å². The third-order valence-electron chi connectivity index (χ3n) is 3.76. The van der Waals surface area contributed by atoms with Crippen LogP contribution in [0.1, 0.15) is 31.4 Å². The summed E-state index contributed by atoms with van der Waals surface area (Å²) in [7, 11) is 0. The number of allylic oxidation sites excluding steroid dienone is 1. The van der Waals surface area contributed by atoms with Crippen LogP contribution in [0.3, 0.4) is 0 Å². The smallest absolute Gasteiger partial charge is 0.308 e. The van der Waals surface area contributed by atoms with Gasteiger partial charge in [0.1, 0.15) is 5.75 Å². The number of nitrogens with zero attached hydrogens (tertiary/aromatic N) is 1. The second-order valence-electron chi connectivity index (χ2n) is 5.33. The first-order chi connectivity index (χ1) is 10.2. The Morgan fingerprint density at radius 3 is 2.43 bits per heavy atom. The van der Waals surface area contributed by atoms with Crippen LogP contribution in [0.4, 0.5) is 0 Å². The molecule has 4 nitrogen and oxygen atoms in total. The Bertz CT molecular complexity index is 474. The first kappa shape index (κ1) is 21.9. The molecule has 0 aromatic heterocycles. The van der Waals surface area contributed by atoms with Gasteiger partial charge in [-0.05, 0) is 30.5 Å². The van der Waals surface area contributed by atoms with Crippen molar-refractivity contribution in [3.63, 3.8) is 0 Å². The SMILES string of the molecule is C=CCC[C@H](c1ccc(OC(C)=O)cc1)N1CCNCC1.Cl.Cl. The first-order valence-electron chi connectivity index (χ1n) is 7.54. The third kappa shape index (κ3) is 6.92. The number of carbonyl (C=O) groups excluding carboxylic acids is 1. The molecule has 0 amide bonds. The number of piperazine rings is 1. The van der Waals surface area contributed by atoms with Crippen molar-refractivity contribution in [1.29, 1.82) is 0 Å². The molecule has 1 aromatic rings. The molecule has 1 fully saturated rings. The summed E-state index contributed by atoms with van der Waals surface area (Å²) in [6.07, 6.45) is 4.04. The van der Waals surface area contributed by atoms with Crippen LogP contribution in [0.2, 0.25) is 0 Å². The first-order valence-corrected chi connectivity index (χ1v) is 7.54. The number of halogens is 2. The fourth-order valence-electron chi connectivity index (χ4n) is 2.75. The molecule has 0 saturated carbocycles. The minimum atomic E-state index is -0.284. The Labute approximate surface area is 151 Å². The molecular formula is C17H26Cl2N2O2. The van der Waals surface area contributed by atoms with E-state index in [2.05, 4.69) is 28.9 Å². The van der Waals surface area contributed by atoms with Crippen LogP contribution in [0.5, 0.6) is 5.75 Å². The molecule has 130 valence electrons. The average molecular weight is 361 g/mol. The lowest BCUT2D eigenvalue weighted by molar-refractivity contribution is -0.131. The van der Waals surface area contributed by atoms with E-state index < -0.39 is 0 Å². The number of benzene rings is 1. The van der Waals surface area contributed by atoms with E-state index in [1.54, 1.807) is 0 Å². The van der Waals surface area contributed by atoms with Crippen molar-refractivity contribution in [1.82, 2.24) is 10.2 Å². The molecule has 0 aliphatic carbocycles. The van der Waals surface area contributed by atoms with Crippen LogP contribution in [0.15, 0.2) is 36.9 Å². The van der Waals surface area contributed by atoms with Crippen molar-refractivity contribution in [3.05, 3.63) is 42.5 Å². The van der Waals surface area contributed by atoms with Crippen LogP contribution in [0.25, 0.3) is 0 Å². The molecule has 2 rings (SSSR count). The second-order valence-corrected chi connectivity index (χ2v) is 5.33. The van der Waals surface area contributed by atoms with Crippen molar-refractivity contribution in [2.75, 3.05) is 26.2 Å². The lowest BCUT2D eigenvalue weighted by atomic mass is 9.99. The van der Waals surface area contributed by atoms with Gasteiger partial charge in [-0.3, -0.25) is 9.69 Å². The van der Waals surface area contributed by atoms with Crippen molar-refractivity contribution in [2.45, 2.75) is 25.8 Å². The Morgan fingerprint density at radius 2 is 1.91 bits per heavy atom. The standard InChI is InChI=1S/C17H24N2O2.2ClH/c1-3-4-5-17(19-12-10-18-11-13-19)15-6-8-16(9-7-15)21-14(2)20;;/h3,6-9,17-18H,1,4-5,10-13H2,2H3;2*1H/t17-;;/m1../s1. The van der Waals surface area contributed by atoms with Gasteiger partial charge < -0.3 is 10.1 Å². The zero-order valence-electron chi connectivity index (χ0n) is 13.5. The molecular weight excluding hydrogens is 335 g/mol. The molecule has 0 spiro atoms. The summed E-state index contributed by atoms with van der Waals surface area (Å²) in [5.74, 6) is 0.321. The highest BCUT2D eigenvalue weighted by atomic mass is 35.5. The number of nitrogens with one attached hydrogen (secondary N) is 1. The number of hydrogen-bond acceptors (Lipinski definition) is 4. The van der Waals surface area contributed by atoms with Gasteiger partial charge in [0.2, 0.25) is 0 Å². The number of rotatable bonds is 6. The summed E-state index contributed by atoms with van der Waals surface area (Å²) in [5, 5.41) is 3.39. The molecule has 6 heteroatoms. The second kappa shape index (κ2) is 11.5. The van der Waals surface area contributed by atoms with Crippen LogP contribution < -0.4 is 10.1 Å². The monoisotopic (exact) mass is 360 g/mol. The minimum Gasteiger partial charge on any atom is -0.427 e. The van der Waals surface area contributed by atoms with Gasteiger partial charge in [0.15, 0.2) is 0 Å². The van der Waals surface area contributed by atoms with E-state index in [4.69, 9.17) is 4.74 Å². The number of ether oxygens (including phenoxy) is 1. The normalized spacial score (nSPS) is 15.7. The van der Waals surface area contributed by atoms with Crippen LogP contribution in [-0.4, -0.2) is 37.0 Å². The minimum absolute atomic E-state index is 0. The Kier molecular flexibility index (Phi) is 10.9. The highest BCUT2D eigenvalue weighted by molar-refractivity contribution is 5.85. The molecule has 0 radical (unpaired) electrons. The molecule has 23 heavy (non-hydrogen) atoms. The highest BCUT2D eigenvalue weighted by Gasteiger charge is 2.21. The van der Waals surface area contributed by atoms with Gasteiger partial charge in [-0.25, -0.2) is 0 Å². The summed E-state index contributed by atoms with van der Waals surface area (Å²) >= 11 is 0. The predicted octanol–water partition coefficient (Wildman–Crippen LogP) is 3.37. The van der Waals surface area contributed by atoms with Gasteiger partial charge in [-0.15, -0.1) is 31.4 Å². The highest BCUT2D eigenvalue weighted by Crippen LogP contribution is 2.27. The molecule has 1 atom stereocenters. The third-order valence-corrected chi connectivity index (χ3v) is 3.76. The van der Waals surface area contributed by atoms with Gasteiger partial charge in [-0.1, -0.05) is 18.2 Å². The van der Waals surface area contributed by atoms with Gasteiger partial charge in [0.05, 0.1) is 0 Å². The number of esters is 1. The van der Waals surface area contributed by atoms with Crippen molar-refractivity contribution in [3.8, 4) is 5.75 Å². The molecule has 1 aliphatic heterocycles. The predicted molar refractivity (Wildman–Crippen MR) is 98.9 cm³/mol. The quantitative estimate of drug-likeness (QED) is 0.479. The largest absolute Gasteiger partial charge is 0.427 e. The molecule has 1 heterocycles. The number of hydrogen-bond donors (Lipinski definition) is 1. The maximum absolute atomic E-state index is 11.0. The Hall–Kier alpha value is -1.07. The van der Waals surface area contributed by atoms with E-state index in [0.29, 0.717) is 11.8 Å². The van der Waals surface area contributed by atoms with E-state index in [-0.39, 0.29) is 30.8 Å². The van der Waals surface area contributed by atoms with Crippen LogP contribution >= 0.6 is 24.8 Å². The maximum Gasteiger partial charge on any atom is 0.308 e. The van der Waals surface area contributed by atoms with Gasteiger partial charge >= 0.3 is 5.97 Å². The van der Waals surface area contributed by atoms with Crippen molar-refractivity contribution < 1.29 is 9.53 Å². The molecule has 0 bridgehead atoms. The van der Waals surface area contributed by atoms with Crippen LogP contribution in [0, 0.1) is 0 Å². The van der Waals surface area contributed by atoms with E-state index in [9.17, 15) is 4.79 Å². The topological polar surface area (TPSA) is 41.6 Å². The zero-order chi connectivity index (χ0) is 15.1. The summed E-state index contributed by atoms with van der Waals surface area (Å²) in [4.78, 5) is 13.5. The van der Waals surface area contributed by atoms with Gasteiger partial charge in [0.25, 0.3) is 0 Å². The summed E-state index contributed by atoms with van der Waals surface area (Å²) in [5.41, 5.74) is 1.27. The van der Waals surface area contributed by atoms with Gasteiger partial charge in [0, 0.05) is 39.1 Å². The lowest BCUT2D eigenvalue weighted by Crippen LogP contribution is -2.45. The van der Waals surface area contributed by atoms with Crippen LogP contribution in [-0.2, 0) is 4.79 Å². The Morgan fingerprint density at radius 1 is 1.30 bits per heavy atom. The molecule has 1 N–H and O–H groups in total. The Balaban J connectivity index is 0.00000242. The molecule has 1 aromatic carbocycles. The van der Waals surface area contributed by atoms with E-state index >= 15 is 0 Å². The van der Waals surface area contributed by atoms with Gasteiger partial charge in [-0.2, -0.15) is 0 Å². The maximum atomic E-state index is 11.0. The number of carbonyl (C=O) groups is 1. The molecule has 1 aliphatic rings. The summed E-state index contributed by atoms with van der Waals surface area (Å²) in [6.45, 7) is 9.45. The molecule has 0 unspecified atom stereocenters. The fourth-order valence-corrected chi connectivity index (χ4v) is 2.75. The van der Waals surface area contributed by atoms with E-state index in [1.807, 2.05) is 18.2 Å². The molecule has 1 saturated heterocycles. The fraction of sp³-hybridized carbons (Fsp3) is 0.471. The van der Waals surface area contributed by atoms with E-state index in [1.165, 1.54) is 12.5 Å². The van der Waals surface area contributed by atoms with Crippen molar-refractivity contribution >= 4 is 30.8 Å². The lowest BCUT2D eigenvalue weighted by Gasteiger charge is -2.35. The zero-order valence-corrected chi connectivity index (χ0v) is 15.1. The van der Waals surface area contributed by atoms with Crippen molar-refractivity contribution in [2.24, 2.45) is 0 Å². The average Bonchev–Trinajstić information content (AvgIpc) is 2.50. The summed E-state index contributed by atoms with van der Waals surface area (Å²) in [6, 6.07) is 8.28.